The lowest BCUT2D eigenvalue weighted by Gasteiger charge is -2.29. The SMILES string of the molecule is CC(C)=C(ON)c1c(F)c(F)c(COC(=O)C(c2cnc(C(C)(C)C)nc2)C(C)(C)C)c(F)c1F. The molecule has 1 aromatic heterocycles. The Bertz CT molecular complexity index is 1100. The monoisotopic (exact) mass is 497 g/mol. The normalized spacial score (nSPS) is 12.8. The smallest absolute Gasteiger partial charge is 0.314 e. The molecule has 0 aliphatic rings. The standard InChI is InChI=1S/C25H31F4N3O3/c1-12(2)21(35-30)15-19(28)17(26)14(18(27)20(15)29)11-34-22(33)16(24(3,4)5)13-9-31-23(32-10-13)25(6,7)8/h9-10,16H,11,30H2,1-8H3. The molecular weight excluding hydrogens is 466 g/mol. The van der Waals surface area contributed by atoms with Crippen LogP contribution in [0.4, 0.5) is 17.6 Å². The van der Waals surface area contributed by atoms with Crippen LogP contribution in [0.3, 0.4) is 0 Å². The van der Waals surface area contributed by atoms with Crippen LogP contribution < -0.4 is 5.90 Å². The zero-order chi connectivity index (χ0) is 26.9. The summed E-state index contributed by atoms with van der Waals surface area (Å²) < 4.78 is 63.9. The Morgan fingerprint density at radius 2 is 1.43 bits per heavy atom. The average molecular weight is 498 g/mol. The summed E-state index contributed by atoms with van der Waals surface area (Å²) in [4.78, 5) is 26.1. The van der Waals surface area contributed by atoms with Gasteiger partial charge < -0.3 is 9.57 Å². The molecule has 1 aromatic carbocycles. The Morgan fingerprint density at radius 1 is 0.943 bits per heavy atom. The minimum Gasteiger partial charge on any atom is -0.460 e. The van der Waals surface area contributed by atoms with Gasteiger partial charge >= 0.3 is 5.97 Å². The van der Waals surface area contributed by atoms with Gasteiger partial charge in [0.15, 0.2) is 29.0 Å². The molecule has 0 bridgehead atoms. The van der Waals surface area contributed by atoms with Crippen molar-refractivity contribution in [3.8, 4) is 0 Å². The number of nitrogens with two attached hydrogens (primary N) is 1. The van der Waals surface area contributed by atoms with Crippen LogP contribution in [0.25, 0.3) is 5.76 Å². The first-order chi connectivity index (χ1) is 16.0. The minimum absolute atomic E-state index is 0.191. The van der Waals surface area contributed by atoms with E-state index in [-0.39, 0.29) is 11.0 Å². The van der Waals surface area contributed by atoms with Gasteiger partial charge in [0.25, 0.3) is 0 Å². The van der Waals surface area contributed by atoms with Gasteiger partial charge in [-0.15, -0.1) is 0 Å². The first-order valence-corrected chi connectivity index (χ1v) is 10.9. The molecule has 0 aliphatic heterocycles. The molecule has 0 fully saturated rings. The van der Waals surface area contributed by atoms with Crippen LogP contribution in [0.5, 0.6) is 0 Å². The predicted octanol–water partition coefficient (Wildman–Crippen LogP) is 5.84. The van der Waals surface area contributed by atoms with E-state index < -0.39 is 64.1 Å². The van der Waals surface area contributed by atoms with E-state index in [1.165, 1.54) is 26.2 Å². The van der Waals surface area contributed by atoms with Crippen LogP contribution in [-0.4, -0.2) is 15.9 Å². The summed E-state index contributed by atoms with van der Waals surface area (Å²) in [5.41, 5.74) is -2.55. The maximum atomic E-state index is 14.7. The molecule has 6 nitrogen and oxygen atoms in total. The summed E-state index contributed by atoms with van der Waals surface area (Å²) in [6.45, 7) is 12.9. The Hall–Kier alpha value is -3.01. The molecule has 2 rings (SSSR count). The first kappa shape index (κ1) is 28.2. The Labute approximate surface area is 202 Å². The fourth-order valence-corrected chi connectivity index (χ4v) is 3.52. The number of hydrogen-bond donors (Lipinski definition) is 1. The zero-order valence-corrected chi connectivity index (χ0v) is 21.1. The van der Waals surface area contributed by atoms with E-state index in [0.717, 1.165) is 0 Å². The van der Waals surface area contributed by atoms with Crippen molar-refractivity contribution in [2.75, 3.05) is 0 Å². The van der Waals surface area contributed by atoms with Gasteiger partial charge in [-0.25, -0.2) is 27.5 Å². The number of rotatable bonds is 6. The van der Waals surface area contributed by atoms with Crippen molar-refractivity contribution in [1.29, 1.82) is 0 Å². The van der Waals surface area contributed by atoms with E-state index in [0.29, 0.717) is 11.4 Å². The minimum atomic E-state index is -1.72. The summed E-state index contributed by atoms with van der Waals surface area (Å²) in [7, 11) is 0. The van der Waals surface area contributed by atoms with Crippen LogP contribution in [0.15, 0.2) is 18.0 Å². The molecule has 192 valence electrons. The molecule has 0 saturated heterocycles. The van der Waals surface area contributed by atoms with Crippen molar-refractivity contribution in [2.45, 2.75) is 73.3 Å². The van der Waals surface area contributed by atoms with Crippen molar-refractivity contribution < 1.29 is 31.9 Å². The van der Waals surface area contributed by atoms with E-state index in [4.69, 9.17) is 10.6 Å². The molecular formula is C25H31F4N3O3. The molecule has 1 heterocycles. The second-order valence-electron chi connectivity index (χ2n) is 10.6. The number of benzene rings is 1. The van der Waals surface area contributed by atoms with Crippen molar-refractivity contribution in [1.82, 2.24) is 9.97 Å². The summed E-state index contributed by atoms with van der Waals surface area (Å²) in [6, 6.07) is 0. The largest absolute Gasteiger partial charge is 0.460 e. The number of halogens is 4. The Morgan fingerprint density at radius 3 is 1.80 bits per heavy atom. The summed E-state index contributed by atoms with van der Waals surface area (Å²) in [5, 5.41) is 0. The third-order valence-electron chi connectivity index (χ3n) is 5.29. The lowest BCUT2D eigenvalue weighted by Crippen LogP contribution is -2.29. The number of nitrogens with zero attached hydrogens (tertiary/aromatic N) is 2. The Kier molecular flexibility index (Phi) is 8.32. The van der Waals surface area contributed by atoms with E-state index in [2.05, 4.69) is 14.8 Å². The van der Waals surface area contributed by atoms with E-state index >= 15 is 0 Å². The molecule has 2 aromatic rings. The van der Waals surface area contributed by atoms with E-state index in [1.807, 2.05) is 20.8 Å². The van der Waals surface area contributed by atoms with Crippen LogP contribution in [0.1, 0.15) is 83.8 Å². The van der Waals surface area contributed by atoms with Gasteiger partial charge in [0, 0.05) is 23.4 Å². The maximum Gasteiger partial charge on any atom is 0.314 e. The highest BCUT2D eigenvalue weighted by molar-refractivity contribution is 5.79. The maximum absolute atomic E-state index is 14.7. The lowest BCUT2D eigenvalue weighted by atomic mass is 9.77. The number of ether oxygens (including phenoxy) is 1. The third-order valence-corrected chi connectivity index (χ3v) is 5.29. The molecule has 0 spiro atoms. The second kappa shape index (κ2) is 10.3. The molecule has 0 radical (unpaired) electrons. The molecule has 35 heavy (non-hydrogen) atoms. The van der Waals surface area contributed by atoms with E-state index in [9.17, 15) is 22.4 Å². The highest BCUT2D eigenvalue weighted by atomic mass is 19.2. The number of allylic oxidation sites excluding steroid dienone is 1. The van der Waals surface area contributed by atoms with Crippen molar-refractivity contribution in [2.24, 2.45) is 11.3 Å². The molecule has 10 heteroatoms. The van der Waals surface area contributed by atoms with Gasteiger partial charge in [0.2, 0.25) is 0 Å². The van der Waals surface area contributed by atoms with Crippen LogP contribution in [0, 0.1) is 28.7 Å². The molecule has 2 N–H and O–H groups in total. The molecule has 1 unspecified atom stereocenters. The second-order valence-corrected chi connectivity index (χ2v) is 10.6. The lowest BCUT2D eigenvalue weighted by molar-refractivity contribution is -0.149. The van der Waals surface area contributed by atoms with Gasteiger partial charge in [-0.3, -0.25) is 4.79 Å². The highest BCUT2D eigenvalue weighted by Gasteiger charge is 2.36. The van der Waals surface area contributed by atoms with Crippen LogP contribution in [-0.2, 0) is 26.4 Å². The summed E-state index contributed by atoms with van der Waals surface area (Å²) in [5.74, 6) is -3.59. The number of carbonyl (C=O) groups excluding carboxylic acids is 1. The van der Waals surface area contributed by atoms with Gasteiger partial charge in [-0.05, 0) is 24.8 Å². The Balaban J connectivity index is 2.41. The predicted molar refractivity (Wildman–Crippen MR) is 123 cm³/mol. The average Bonchev–Trinajstić information content (AvgIpc) is 2.74. The quantitative estimate of drug-likeness (QED) is 0.177. The number of aromatic nitrogens is 2. The number of carbonyl (C=O) groups is 1. The van der Waals surface area contributed by atoms with Crippen molar-refractivity contribution in [3.05, 3.63) is 63.8 Å². The third kappa shape index (κ3) is 5.98. The number of hydrogen-bond acceptors (Lipinski definition) is 6. The van der Waals surface area contributed by atoms with Crippen molar-refractivity contribution in [3.63, 3.8) is 0 Å². The summed E-state index contributed by atoms with van der Waals surface area (Å²) >= 11 is 0. The van der Waals surface area contributed by atoms with Gasteiger partial charge in [0.05, 0.1) is 17.0 Å². The fourth-order valence-electron chi connectivity index (χ4n) is 3.52. The van der Waals surface area contributed by atoms with Crippen LogP contribution >= 0.6 is 0 Å². The molecule has 0 aliphatic carbocycles. The van der Waals surface area contributed by atoms with Gasteiger partial charge in [-0.1, -0.05) is 41.5 Å². The van der Waals surface area contributed by atoms with Crippen LogP contribution in [0.2, 0.25) is 0 Å². The molecule has 0 amide bonds. The zero-order valence-electron chi connectivity index (χ0n) is 21.1. The van der Waals surface area contributed by atoms with Gasteiger partial charge in [0.1, 0.15) is 12.4 Å². The topological polar surface area (TPSA) is 87.3 Å². The molecule has 1 atom stereocenters. The van der Waals surface area contributed by atoms with Gasteiger partial charge in [-0.2, -0.15) is 5.90 Å². The fraction of sp³-hybridized carbons (Fsp3) is 0.480. The summed E-state index contributed by atoms with van der Waals surface area (Å²) in [6.07, 6.45) is 2.99. The van der Waals surface area contributed by atoms with E-state index in [1.54, 1.807) is 20.8 Å². The number of esters is 1. The highest BCUT2D eigenvalue weighted by Crippen LogP contribution is 2.37. The van der Waals surface area contributed by atoms with Crippen molar-refractivity contribution >= 4 is 11.7 Å². The first-order valence-electron chi connectivity index (χ1n) is 10.9. The molecule has 0 saturated carbocycles.